The maximum Gasteiger partial charge on any atom is 0.263 e. The number of rotatable bonds is 9. The van der Waals surface area contributed by atoms with Gasteiger partial charge < -0.3 is 9.47 Å². The van der Waals surface area contributed by atoms with Crippen LogP contribution in [0.25, 0.3) is 21.3 Å². The van der Waals surface area contributed by atoms with Gasteiger partial charge in [-0.2, -0.15) is 5.10 Å². The van der Waals surface area contributed by atoms with Gasteiger partial charge >= 0.3 is 0 Å². The third-order valence-electron chi connectivity index (χ3n) is 6.26. The highest BCUT2D eigenvalue weighted by atomic mass is 35.5. The highest BCUT2D eigenvalue weighted by Crippen LogP contribution is 2.35. The molecule has 2 aromatic heterocycles. The Hall–Kier alpha value is -4.18. The fraction of sp³-hybridized carbons (Fsp3) is 0.133. The minimum atomic E-state index is -0.471. The van der Waals surface area contributed by atoms with Crippen LogP contribution in [-0.2, 0) is 17.9 Å². The number of aromatic nitrogens is 2. The monoisotopic (exact) mass is 606 g/mol. The average molecular weight is 608 g/mol. The van der Waals surface area contributed by atoms with Gasteiger partial charge in [-0.3, -0.25) is 14.2 Å². The normalized spacial score (nSPS) is 11.2. The SMILES string of the molecule is COc1cc(/C=N\NC(=O)Cn2cnc3sc(C)c(-c4ccccc4)c3c2=O)ccc1OCc1c(Cl)cccc1Cl. The summed E-state index contributed by atoms with van der Waals surface area (Å²) in [4.78, 5) is 32.0. The number of fused-ring (bicyclic) bond motifs is 1. The van der Waals surface area contributed by atoms with Crippen LogP contribution in [0.15, 0.2) is 83.0 Å². The van der Waals surface area contributed by atoms with Crippen LogP contribution in [-0.4, -0.2) is 28.8 Å². The minimum Gasteiger partial charge on any atom is -0.493 e. The third kappa shape index (κ3) is 6.27. The molecule has 1 amide bonds. The van der Waals surface area contributed by atoms with Gasteiger partial charge in [-0.1, -0.05) is 59.6 Å². The van der Waals surface area contributed by atoms with E-state index in [4.69, 9.17) is 32.7 Å². The van der Waals surface area contributed by atoms with Gasteiger partial charge in [0.1, 0.15) is 18.0 Å². The number of ether oxygens (including phenoxy) is 2. The van der Waals surface area contributed by atoms with Gasteiger partial charge in [-0.05, 0) is 48.4 Å². The summed E-state index contributed by atoms with van der Waals surface area (Å²) in [5, 5.41) is 5.56. The maximum absolute atomic E-state index is 13.3. The summed E-state index contributed by atoms with van der Waals surface area (Å²) >= 11 is 13.9. The summed E-state index contributed by atoms with van der Waals surface area (Å²) in [7, 11) is 1.52. The number of aryl methyl sites for hydroxylation is 1. The number of nitrogens with zero attached hydrogens (tertiary/aromatic N) is 3. The molecule has 0 bridgehead atoms. The molecule has 0 unspecified atom stereocenters. The molecule has 0 radical (unpaired) electrons. The molecular weight excluding hydrogens is 583 g/mol. The van der Waals surface area contributed by atoms with Crippen molar-refractivity contribution >= 4 is 56.9 Å². The Morgan fingerprint density at radius 2 is 1.83 bits per heavy atom. The van der Waals surface area contributed by atoms with Gasteiger partial charge in [-0.25, -0.2) is 10.4 Å². The standard InChI is InChI=1S/C30H24Cl2N4O4S/c1-18-27(20-7-4-3-5-8-20)28-29(41-18)33-17-36(30(28)38)15-26(37)35-34-14-19-11-12-24(25(13-19)39-2)40-16-21-22(31)9-6-10-23(21)32/h3-14,17H,15-16H2,1-2H3,(H,35,37)/b34-14-. The molecule has 0 spiro atoms. The van der Waals surface area contributed by atoms with Crippen LogP contribution < -0.4 is 20.5 Å². The highest BCUT2D eigenvalue weighted by Gasteiger charge is 2.17. The second-order valence-corrected chi connectivity index (χ2v) is 11.0. The number of carbonyl (C=O) groups is 1. The van der Waals surface area contributed by atoms with Gasteiger partial charge in [0.15, 0.2) is 11.5 Å². The number of halogens is 2. The first kappa shape index (κ1) is 28.4. The Kier molecular flexibility index (Phi) is 8.68. The molecule has 2 heterocycles. The fourth-order valence-electron chi connectivity index (χ4n) is 4.28. The minimum absolute atomic E-state index is 0.163. The molecule has 1 N–H and O–H groups in total. The molecule has 0 aliphatic heterocycles. The zero-order valence-electron chi connectivity index (χ0n) is 22.1. The van der Waals surface area contributed by atoms with E-state index in [0.29, 0.717) is 42.9 Å². The van der Waals surface area contributed by atoms with Crippen LogP contribution in [0.1, 0.15) is 16.0 Å². The van der Waals surface area contributed by atoms with Gasteiger partial charge in [0.05, 0.1) is 25.0 Å². The quantitative estimate of drug-likeness (QED) is 0.153. The average Bonchev–Trinajstić information content (AvgIpc) is 3.31. The van der Waals surface area contributed by atoms with Crippen molar-refractivity contribution in [1.29, 1.82) is 0 Å². The van der Waals surface area contributed by atoms with E-state index < -0.39 is 5.91 Å². The zero-order valence-corrected chi connectivity index (χ0v) is 24.4. The predicted molar refractivity (Wildman–Crippen MR) is 164 cm³/mol. The van der Waals surface area contributed by atoms with Crippen molar-refractivity contribution in [2.45, 2.75) is 20.1 Å². The van der Waals surface area contributed by atoms with Crippen molar-refractivity contribution in [3.8, 4) is 22.6 Å². The van der Waals surface area contributed by atoms with Crippen LogP contribution >= 0.6 is 34.5 Å². The third-order valence-corrected chi connectivity index (χ3v) is 7.98. The Labute approximate surface area is 249 Å². The summed E-state index contributed by atoms with van der Waals surface area (Å²) in [6, 6.07) is 20.1. The molecule has 208 valence electrons. The number of hydrogen-bond acceptors (Lipinski definition) is 7. The lowest BCUT2D eigenvalue weighted by Crippen LogP contribution is -2.30. The molecule has 0 aliphatic carbocycles. The lowest BCUT2D eigenvalue weighted by Gasteiger charge is -2.13. The van der Waals surface area contributed by atoms with Crippen LogP contribution in [0.2, 0.25) is 10.0 Å². The number of thiophene rings is 1. The lowest BCUT2D eigenvalue weighted by molar-refractivity contribution is -0.121. The molecule has 0 saturated heterocycles. The van der Waals surface area contributed by atoms with Crippen LogP contribution in [0.5, 0.6) is 11.5 Å². The summed E-state index contributed by atoms with van der Waals surface area (Å²) in [5.41, 5.74) is 5.28. The molecule has 3 aromatic carbocycles. The molecule has 11 heteroatoms. The van der Waals surface area contributed by atoms with Crippen LogP contribution in [0.4, 0.5) is 0 Å². The van der Waals surface area contributed by atoms with E-state index in [9.17, 15) is 9.59 Å². The first-order valence-corrected chi connectivity index (χ1v) is 14.0. The van der Waals surface area contributed by atoms with E-state index in [0.717, 1.165) is 16.0 Å². The Morgan fingerprint density at radius 1 is 1.07 bits per heavy atom. The van der Waals surface area contributed by atoms with Gasteiger partial charge in [0.2, 0.25) is 0 Å². The fourth-order valence-corrected chi connectivity index (χ4v) is 5.79. The van der Waals surface area contributed by atoms with Crippen LogP contribution in [0.3, 0.4) is 0 Å². The van der Waals surface area contributed by atoms with Crippen molar-refractivity contribution in [3.05, 3.63) is 109 Å². The van der Waals surface area contributed by atoms with Crippen molar-refractivity contribution in [1.82, 2.24) is 15.0 Å². The Balaban J connectivity index is 1.26. The van der Waals surface area contributed by atoms with E-state index in [1.165, 1.54) is 35.6 Å². The first-order chi connectivity index (χ1) is 19.9. The van der Waals surface area contributed by atoms with E-state index in [1.54, 1.807) is 36.4 Å². The van der Waals surface area contributed by atoms with E-state index in [-0.39, 0.29) is 18.7 Å². The maximum atomic E-state index is 13.3. The second-order valence-electron chi connectivity index (χ2n) is 8.95. The topological polar surface area (TPSA) is 94.8 Å². The van der Waals surface area contributed by atoms with Gasteiger partial charge in [0.25, 0.3) is 11.5 Å². The van der Waals surface area contributed by atoms with E-state index in [1.807, 2.05) is 37.3 Å². The number of benzene rings is 3. The molecule has 5 aromatic rings. The summed E-state index contributed by atoms with van der Waals surface area (Å²) in [6.07, 6.45) is 2.85. The van der Waals surface area contributed by atoms with Crippen molar-refractivity contribution in [2.24, 2.45) is 5.10 Å². The number of hydrogen-bond donors (Lipinski definition) is 1. The summed E-state index contributed by atoms with van der Waals surface area (Å²) < 4.78 is 12.6. The number of carbonyl (C=O) groups excluding carboxylic acids is 1. The Morgan fingerprint density at radius 3 is 2.56 bits per heavy atom. The van der Waals surface area contributed by atoms with E-state index >= 15 is 0 Å². The number of methoxy groups -OCH3 is 1. The van der Waals surface area contributed by atoms with Crippen molar-refractivity contribution in [3.63, 3.8) is 0 Å². The molecule has 8 nitrogen and oxygen atoms in total. The molecule has 41 heavy (non-hydrogen) atoms. The molecule has 0 saturated carbocycles. The largest absolute Gasteiger partial charge is 0.493 e. The zero-order chi connectivity index (χ0) is 28.9. The van der Waals surface area contributed by atoms with Gasteiger partial charge in [-0.15, -0.1) is 11.3 Å². The molecule has 5 rings (SSSR count). The predicted octanol–water partition coefficient (Wildman–Crippen LogP) is 6.48. The van der Waals surface area contributed by atoms with Gasteiger partial charge in [0, 0.05) is 26.0 Å². The number of amides is 1. The van der Waals surface area contributed by atoms with Crippen LogP contribution in [0, 0.1) is 6.92 Å². The lowest BCUT2D eigenvalue weighted by atomic mass is 10.0. The molecule has 0 aliphatic rings. The smallest absolute Gasteiger partial charge is 0.263 e. The number of hydrazone groups is 1. The molecule has 0 atom stereocenters. The molecular formula is C30H24Cl2N4O4S. The summed E-state index contributed by atoms with van der Waals surface area (Å²) in [6.45, 7) is 1.89. The van der Waals surface area contributed by atoms with E-state index in [2.05, 4.69) is 15.5 Å². The van der Waals surface area contributed by atoms with Crippen molar-refractivity contribution < 1.29 is 14.3 Å². The molecule has 0 fully saturated rings. The first-order valence-electron chi connectivity index (χ1n) is 12.4. The highest BCUT2D eigenvalue weighted by molar-refractivity contribution is 7.19. The number of nitrogens with one attached hydrogen (secondary N) is 1. The Bertz CT molecular complexity index is 1800. The second kappa shape index (κ2) is 12.6. The summed E-state index contributed by atoms with van der Waals surface area (Å²) in [5.74, 6) is 0.487. The van der Waals surface area contributed by atoms with Crippen molar-refractivity contribution in [2.75, 3.05) is 7.11 Å².